The topological polar surface area (TPSA) is 102 Å². The van der Waals surface area contributed by atoms with Crippen molar-refractivity contribution in [3.63, 3.8) is 0 Å². The molecule has 3 rings (SSSR count). The Morgan fingerprint density at radius 2 is 1.74 bits per heavy atom. The molecule has 0 bridgehead atoms. The molecule has 1 amide bonds. The lowest BCUT2D eigenvalue weighted by Crippen LogP contribution is -2.47. The lowest BCUT2D eigenvalue weighted by Gasteiger charge is -2.32. The summed E-state index contributed by atoms with van der Waals surface area (Å²) in [5, 5.41) is 2.11. The van der Waals surface area contributed by atoms with E-state index in [1.54, 1.807) is 0 Å². The lowest BCUT2D eigenvalue weighted by molar-refractivity contribution is -0.272. The first kappa shape index (κ1) is 26.8. The molecule has 4 atom stereocenters. The molecule has 1 aliphatic rings. The van der Waals surface area contributed by atoms with Crippen LogP contribution in [0.15, 0.2) is 35.2 Å². The summed E-state index contributed by atoms with van der Waals surface area (Å²) in [5.74, 6) is -9.12. The first-order chi connectivity index (χ1) is 16.0. The highest BCUT2D eigenvalue weighted by Gasteiger charge is 2.65. The molecule has 0 aromatic heterocycles. The molecule has 1 saturated heterocycles. The molecular weight excluding hydrogens is 508 g/mol. The molecule has 2 aromatic rings. The summed E-state index contributed by atoms with van der Waals surface area (Å²) in [4.78, 5) is 11.9. The second kappa shape index (κ2) is 8.99. The van der Waals surface area contributed by atoms with E-state index in [0.717, 1.165) is 26.2 Å². The van der Waals surface area contributed by atoms with Crippen molar-refractivity contribution in [2.75, 3.05) is 12.4 Å². The van der Waals surface area contributed by atoms with Gasteiger partial charge in [0.15, 0.2) is 17.2 Å². The van der Waals surface area contributed by atoms with E-state index in [0.29, 0.717) is 25.1 Å². The molecule has 0 saturated carbocycles. The minimum atomic E-state index is -5.03. The van der Waals surface area contributed by atoms with E-state index in [1.807, 2.05) is 0 Å². The van der Waals surface area contributed by atoms with Gasteiger partial charge < -0.3 is 14.8 Å². The Bertz CT molecular complexity index is 1270. The summed E-state index contributed by atoms with van der Waals surface area (Å²) in [6.07, 6.45) is -6.94. The number of nitrogens with one attached hydrogen (secondary N) is 1. The van der Waals surface area contributed by atoms with Crippen molar-refractivity contribution in [3.05, 3.63) is 53.3 Å². The van der Waals surface area contributed by atoms with Crippen LogP contribution in [-0.2, 0) is 19.6 Å². The predicted molar refractivity (Wildman–Crippen MR) is 109 cm³/mol. The van der Waals surface area contributed by atoms with Gasteiger partial charge in [-0.15, -0.1) is 0 Å². The van der Waals surface area contributed by atoms with Crippen LogP contribution in [0.4, 0.5) is 32.0 Å². The Kier molecular flexibility index (Phi) is 6.87. The van der Waals surface area contributed by atoms with Gasteiger partial charge in [0.05, 0.1) is 7.11 Å². The summed E-state index contributed by atoms with van der Waals surface area (Å²) in [6.45, 7) is 1.80. The van der Waals surface area contributed by atoms with Crippen molar-refractivity contribution < 1.29 is 53.6 Å². The molecule has 0 spiro atoms. The Balaban J connectivity index is 2.10. The van der Waals surface area contributed by atoms with Crippen LogP contribution >= 0.6 is 0 Å². The minimum Gasteiger partial charge on any atom is -0.493 e. The van der Waals surface area contributed by atoms with E-state index >= 15 is 0 Å². The molecule has 2 N–H and O–H groups in total. The molecule has 2 aromatic carbocycles. The van der Waals surface area contributed by atoms with Crippen molar-refractivity contribution in [2.45, 2.75) is 42.5 Å². The number of hydrogen-bond acceptors (Lipinski definition) is 5. The van der Waals surface area contributed by atoms with Gasteiger partial charge in [-0.2, -0.15) is 26.0 Å². The highest BCUT2D eigenvalue weighted by atomic mass is 32.2. The van der Waals surface area contributed by atoms with Crippen molar-refractivity contribution in [1.29, 1.82) is 0 Å². The maximum atomic E-state index is 14.4. The third kappa shape index (κ3) is 4.69. The summed E-state index contributed by atoms with van der Waals surface area (Å²) < 4.78 is 125. The third-order valence-electron chi connectivity index (χ3n) is 6.05. The molecule has 7 nitrogen and oxygen atoms in total. The summed E-state index contributed by atoms with van der Waals surface area (Å²) in [5.41, 5.74) is -3.57. The van der Waals surface area contributed by atoms with E-state index in [4.69, 9.17) is 14.0 Å². The summed E-state index contributed by atoms with van der Waals surface area (Å²) in [7, 11) is -4.06. The van der Waals surface area contributed by atoms with Gasteiger partial charge in [-0.1, -0.05) is 13.0 Å². The van der Waals surface area contributed by atoms with Crippen LogP contribution < -0.4 is 10.1 Å². The van der Waals surface area contributed by atoms with Crippen molar-refractivity contribution in [2.24, 2.45) is 5.92 Å². The molecule has 0 unspecified atom stereocenters. The van der Waals surface area contributed by atoms with Gasteiger partial charge in [-0.3, -0.25) is 9.35 Å². The number of alkyl halides is 3. The average Bonchev–Trinajstić information content (AvgIpc) is 3.02. The van der Waals surface area contributed by atoms with Crippen LogP contribution in [-0.4, -0.2) is 43.9 Å². The molecular formula is C21H19F6NO6S. The van der Waals surface area contributed by atoms with Crippen LogP contribution in [0.25, 0.3) is 0 Å². The Morgan fingerprint density at radius 3 is 2.29 bits per heavy atom. The monoisotopic (exact) mass is 527 g/mol. The lowest BCUT2D eigenvalue weighted by atomic mass is 9.77. The zero-order valence-electron chi connectivity index (χ0n) is 18.3. The van der Waals surface area contributed by atoms with Crippen LogP contribution in [0.3, 0.4) is 0 Å². The van der Waals surface area contributed by atoms with E-state index < -0.39 is 79.5 Å². The Morgan fingerprint density at radius 1 is 1.14 bits per heavy atom. The minimum absolute atomic E-state index is 0.273. The zero-order chi connectivity index (χ0) is 26.5. The number of carbonyl (C=O) groups excluding carboxylic acids is 1. The van der Waals surface area contributed by atoms with Gasteiger partial charge in [-0.05, 0) is 31.2 Å². The SMILES string of the molecule is COc1c([C@H]2[C@H](C(=O)Nc3ccc(F)c(S(=O)(=O)O)c3)O[C@@](C)(C(F)(F)F)[C@H]2C)ccc(F)c1F. The molecule has 192 valence electrons. The van der Waals surface area contributed by atoms with E-state index in [1.165, 1.54) is 0 Å². The number of methoxy groups -OCH3 is 1. The van der Waals surface area contributed by atoms with Gasteiger partial charge in [-0.25, -0.2) is 8.78 Å². The van der Waals surface area contributed by atoms with Crippen LogP contribution in [0.5, 0.6) is 5.75 Å². The van der Waals surface area contributed by atoms with Crippen molar-refractivity contribution >= 4 is 21.7 Å². The van der Waals surface area contributed by atoms with Crippen LogP contribution in [0.2, 0.25) is 0 Å². The fraction of sp³-hybridized carbons (Fsp3) is 0.381. The molecule has 35 heavy (non-hydrogen) atoms. The van der Waals surface area contributed by atoms with E-state index in [9.17, 15) is 39.6 Å². The number of carbonyl (C=O) groups is 1. The third-order valence-corrected chi connectivity index (χ3v) is 6.92. The molecule has 0 aliphatic carbocycles. The molecule has 1 fully saturated rings. The molecule has 1 heterocycles. The number of rotatable bonds is 5. The second-order valence-corrected chi connectivity index (χ2v) is 9.44. The number of ether oxygens (including phenoxy) is 2. The first-order valence-corrected chi connectivity index (χ1v) is 11.3. The fourth-order valence-electron chi connectivity index (χ4n) is 4.03. The maximum absolute atomic E-state index is 14.4. The Hall–Kier alpha value is -2.84. The van der Waals surface area contributed by atoms with Gasteiger partial charge in [0.25, 0.3) is 16.0 Å². The maximum Gasteiger partial charge on any atom is 0.417 e. The number of amides is 1. The summed E-state index contributed by atoms with van der Waals surface area (Å²) in [6, 6.07) is 3.69. The molecule has 1 aliphatic heterocycles. The molecule has 14 heteroatoms. The Labute approximate surface area is 195 Å². The second-order valence-electron chi connectivity index (χ2n) is 8.05. The van der Waals surface area contributed by atoms with Gasteiger partial charge in [0.1, 0.15) is 16.8 Å². The molecule has 0 radical (unpaired) electrons. The highest BCUT2D eigenvalue weighted by Crippen LogP contribution is 2.55. The van der Waals surface area contributed by atoms with Gasteiger partial charge in [0, 0.05) is 23.1 Å². The normalized spacial score (nSPS) is 24.9. The van der Waals surface area contributed by atoms with Gasteiger partial charge >= 0.3 is 6.18 Å². The standard InChI is InChI=1S/C21H19F6NO6S/c1-9-15(11-5-7-13(23)16(24)17(11)33-3)18(34-20(9,2)21(25,26)27)19(29)28-10-4-6-12(22)14(8-10)35(30,31)32/h4-9,15,18H,1-3H3,(H,28,29)(H,30,31,32)/t9-,15-,18+,20+/m0/s1. The largest absolute Gasteiger partial charge is 0.493 e. The quantitative estimate of drug-likeness (QED) is 0.441. The zero-order valence-corrected chi connectivity index (χ0v) is 19.1. The van der Waals surface area contributed by atoms with Crippen LogP contribution in [0.1, 0.15) is 25.3 Å². The van der Waals surface area contributed by atoms with Crippen LogP contribution in [0, 0.1) is 23.4 Å². The fourth-order valence-corrected chi connectivity index (χ4v) is 4.62. The first-order valence-electron chi connectivity index (χ1n) is 9.87. The van der Waals surface area contributed by atoms with E-state index in [2.05, 4.69) is 5.32 Å². The number of anilines is 1. The summed E-state index contributed by atoms with van der Waals surface area (Å²) >= 11 is 0. The van der Waals surface area contributed by atoms with Crippen molar-refractivity contribution in [3.8, 4) is 5.75 Å². The van der Waals surface area contributed by atoms with Crippen molar-refractivity contribution in [1.82, 2.24) is 0 Å². The number of hydrogen-bond donors (Lipinski definition) is 2. The average molecular weight is 527 g/mol. The van der Waals surface area contributed by atoms with E-state index in [-0.39, 0.29) is 5.56 Å². The predicted octanol–water partition coefficient (Wildman–Crippen LogP) is 4.44. The smallest absolute Gasteiger partial charge is 0.417 e. The number of benzene rings is 2. The highest BCUT2D eigenvalue weighted by molar-refractivity contribution is 7.85. The number of halogens is 6. The van der Waals surface area contributed by atoms with Gasteiger partial charge in [0.2, 0.25) is 5.82 Å².